The fraction of sp³-hybridized carbons (Fsp3) is 0.125. The summed E-state index contributed by atoms with van der Waals surface area (Å²) in [6, 6.07) is 15.0. The van der Waals surface area contributed by atoms with Gasteiger partial charge in [-0.15, -0.1) is 0 Å². The van der Waals surface area contributed by atoms with Crippen molar-refractivity contribution < 1.29 is 4.74 Å². The average Bonchev–Trinajstić information content (AvgIpc) is 2.51. The Hall–Kier alpha value is -2.11. The Bertz CT molecular complexity index is 662. The molecule has 22 heavy (non-hydrogen) atoms. The van der Waals surface area contributed by atoms with Crippen LogP contribution in [-0.2, 0) is 0 Å². The van der Waals surface area contributed by atoms with Crippen molar-refractivity contribution in [2.75, 3.05) is 11.9 Å². The number of para-hydroxylation sites is 1. The van der Waals surface area contributed by atoms with Gasteiger partial charge in [-0.25, -0.2) is 0 Å². The molecule has 2 N–H and O–H groups in total. The van der Waals surface area contributed by atoms with E-state index in [4.69, 9.17) is 28.6 Å². The second kappa shape index (κ2) is 8.36. The Morgan fingerprint density at radius 1 is 1.27 bits per heavy atom. The molecule has 0 bridgehead atoms. The lowest BCUT2D eigenvalue weighted by molar-refractivity contribution is 0.340. The lowest BCUT2D eigenvalue weighted by atomic mass is 10.2. The molecule has 0 aliphatic heterocycles. The first kappa shape index (κ1) is 16.3. The van der Waals surface area contributed by atoms with Crippen molar-refractivity contribution in [2.45, 2.75) is 6.92 Å². The van der Waals surface area contributed by atoms with Gasteiger partial charge in [0.1, 0.15) is 5.75 Å². The van der Waals surface area contributed by atoms with Gasteiger partial charge in [-0.2, -0.15) is 5.10 Å². The molecule has 0 aromatic heterocycles. The van der Waals surface area contributed by atoms with Crippen LogP contribution in [0, 0.1) is 0 Å². The number of nitrogens with zero attached hydrogens (tertiary/aromatic N) is 1. The summed E-state index contributed by atoms with van der Waals surface area (Å²) in [5.74, 6) is 0.722. The number of thiocarbonyl (C=S) groups is 1. The molecule has 6 heteroatoms. The maximum Gasteiger partial charge on any atom is 0.191 e. The highest BCUT2D eigenvalue weighted by Crippen LogP contribution is 2.21. The van der Waals surface area contributed by atoms with Crippen LogP contribution in [0.1, 0.15) is 12.5 Å². The Labute approximate surface area is 140 Å². The largest absolute Gasteiger partial charge is 0.493 e. The fourth-order valence-corrected chi connectivity index (χ4v) is 2.10. The van der Waals surface area contributed by atoms with E-state index in [1.54, 1.807) is 18.3 Å². The summed E-state index contributed by atoms with van der Waals surface area (Å²) < 4.78 is 5.52. The maximum absolute atomic E-state index is 5.99. The zero-order valence-corrected chi connectivity index (χ0v) is 13.6. The summed E-state index contributed by atoms with van der Waals surface area (Å²) in [6.07, 6.45) is 1.62. The molecule has 4 nitrogen and oxygen atoms in total. The van der Waals surface area contributed by atoms with Crippen LogP contribution in [0.3, 0.4) is 0 Å². The highest BCUT2D eigenvalue weighted by Gasteiger charge is 2.02. The molecular formula is C16H16ClN3OS. The third-order valence-electron chi connectivity index (χ3n) is 2.67. The second-order valence-electron chi connectivity index (χ2n) is 4.31. The number of ether oxygens (including phenoxy) is 1. The number of anilines is 1. The van der Waals surface area contributed by atoms with E-state index in [1.807, 2.05) is 43.3 Å². The van der Waals surface area contributed by atoms with Crippen LogP contribution >= 0.6 is 23.8 Å². The van der Waals surface area contributed by atoms with Gasteiger partial charge in [0.05, 0.1) is 12.8 Å². The zero-order valence-electron chi connectivity index (χ0n) is 12.0. The standard InChI is InChI=1S/C16H16ClN3OS/c1-2-21-15-9-8-13(17)10-12(15)11-18-20-16(22)19-14-6-4-3-5-7-14/h3-11H,2H2,1H3,(H2,19,20,22)/b18-11+. The molecule has 0 amide bonds. The van der Waals surface area contributed by atoms with E-state index < -0.39 is 0 Å². The minimum absolute atomic E-state index is 0.405. The van der Waals surface area contributed by atoms with Gasteiger partial charge >= 0.3 is 0 Å². The molecule has 0 fully saturated rings. The van der Waals surface area contributed by atoms with Gasteiger partial charge in [-0.3, -0.25) is 5.43 Å². The van der Waals surface area contributed by atoms with Crippen LogP contribution in [0.5, 0.6) is 5.75 Å². The van der Waals surface area contributed by atoms with E-state index >= 15 is 0 Å². The number of hydrogen-bond donors (Lipinski definition) is 2. The minimum Gasteiger partial charge on any atom is -0.493 e. The van der Waals surface area contributed by atoms with Crippen LogP contribution in [0.15, 0.2) is 53.6 Å². The van der Waals surface area contributed by atoms with Crippen molar-refractivity contribution in [3.8, 4) is 5.75 Å². The number of rotatable bonds is 5. The second-order valence-corrected chi connectivity index (χ2v) is 5.15. The smallest absolute Gasteiger partial charge is 0.191 e. The molecule has 2 rings (SSSR count). The van der Waals surface area contributed by atoms with E-state index in [9.17, 15) is 0 Å². The third kappa shape index (κ3) is 5.02. The van der Waals surface area contributed by atoms with Crippen LogP contribution in [0.2, 0.25) is 5.02 Å². The van der Waals surface area contributed by atoms with Gasteiger partial charge in [0.15, 0.2) is 5.11 Å². The highest BCUT2D eigenvalue weighted by atomic mass is 35.5. The molecule has 0 saturated heterocycles. The Morgan fingerprint density at radius 3 is 2.77 bits per heavy atom. The summed E-state index contributed by atoms with van der Waals surface area (Å²) in [4.78, 5) is 0. The van der Waals surface area contributed by atoms with Crippen molar-refractivity contribution in [1.82, 2.24) is 5.43 Å². The van der Waals surface area contributed by atoms with E-state index in [-0.39, 0.29) is 0 Å². The maximum atomic E-state index is 5.99. The van der Waals surface area contributed by atoms with E-state index in [0.29, 0.717) is 16.7 Å². The van der Waals surface area contributed by atoms with E-state index in [1.165, 1.54) is 0 Å². The van der Waals surface area contributed by atoms with Crippen LogP contribution in [0.4, 0.5) is 5.69 Å². The number of hydrogen-bond acceptors (Lipinski definition) is 3. The van der Waals surface area contributed by atoms with E-state index in [0.717, 1.165) is 17.0 Å². The normalized spacial score (nSPS) is 10.5. The van der Waals surface area contributed by atoms with E-state index in [2.05, 4.69) is 15.8 Å². The van der Waals surface area contributed by atoms with Crippen molar-refractivity contribution in [2.24, 2.45) is 5.10 Å². The predicted octanol–water partition coefficient (Wildman–Crippen LogP) is 4.06. The summed E-state index contributed by atoms with van der Waals surface area (Å²) in [6.45, 7) is 2.50. The molecule has 0 unspecified atom stereocenters. The minimum atomic E-state index is 0.405. The first-order valence-electron chi connectivity index (χ1n) is 6.76. The molecule has 0 aliphatic carbocycles. The van der Waals surface area contributed by atoms with Gasteiger partial charge < -0.3 is 10.1 Å². The Balaban J connectivity index is 1.97. The average molecular weight is 334 g/mol. The number of benzene rings is 2. The van der Waals surface area contributed by atoms with Crippen LogP contribution in [-0.4, -0.2) is 17.9 Å². The molecule has 0 radical (unpaired) electrons. The molecule has 0 spiro atoms. The predicted molar refractivity (Wildman–Crippen MR) is 96.0 cm³/mol. The van der Waals surface area contributed by atoms with Crippen molar-refractivity contribution in [3.63, 3.8) is 0 Å². The molecule has 0 heterocycles. The molecule has 0 saturated carbocycles. The fourth-order valence-electron chi connectivity index (χ4n) is 1.75. The summed E-state index contributed by atoms with van der Waals surface area (Å²) in [5.41, 5.74) is 4.44. The monoisotopic (exact) mass is 333 g/mol. The number of nitrogens with one attached hydrogen (secondary N) is 2. The molecule has 2 aromatic rings. The van der Waals surface area contributed by atoms with Crippen molar-refractivity contribution in [1.29, 1.82) is 0 Å². The van der Waals surface area contributed by atoms with Gasteiger partial charge in [0.2, 0.25) is 0 Å². The lowest BCUT2D eigenvalue weighted by Gasteiger charge is -2.08. The van der Waals surface area contributed by atoms with Crippen molar-refractivity contribution in [3.05, 3.63) is 59.1 Å². The first-order chi connectivity index (χ1) is 10.7. The van der Waals surface area contributed by atoms with Crippen molar-refractivity contribution >= 4 is 40.8 Å². The topological polar surface area (TPSA) is 45.6 Å². The van der Waals surface area contributed by atoms with Gasteiger partial charge in [0.25, 0.3) is 0 Å². The molecular weight excluding hydrogens is 318 g/mol. The summed E-state index contributed by atoms with van der Waals surface area (Å²) >= 11 is 11.2. The summed E-state index contributed by atoms with van der Waals surface area (Å²) in [5, 5.41) is 8.16. The Morgan fingerprint density at radius 2 is 2.05 bits per heavy atom. The van der Waals surface area contributed by atoms with Crippen LogP contribution < -0.4 is 15.5 Å². The SMILES string of the molecule is CCOc1ccc(Cl)cc1/C=N/NC(=S)Nc1ccccc1. The van der Waals surface area contributed by atoms with Gasteiger partial charge in [0, 0.05) is 16.3 Å². The first-order valence-corrected chi connectivity index (χ1v) is 7.55. The molecule has 0 atom stereocenters. The quantitative estimate of drug-likeness (QED) is 0.492. The molecule has 0 aliphatic rings. The van der Waals surface area contributed by atoms with Gasteiger partial charge in [-0.05, 0) is 49.5 Å². The zero-order chi connectivity index (χ0) is 15.8. The third-order valence-corrected chi connectivity index (χ3v) is 3.10. The lowest BCUT2D eigenvalue weighted by Crippen LogP contribution is -2.23. The highest BCUT2D eigenvalue weighted by molar-refractivity contribution is 7.80. The Kier molecular flexibility index (Phi) is 6.18. The number of hydrazone groups is 1. The molecule has 114 valence electrons. The van der Waals surface area contributed by atoms with Crippen LogP contribution in [0.25, 0.3) is 0 Å². The summed E-state index contributed by atoms with van der Waals surface area (Å²) in [7, 11) is 0. The molecule has 2 aromatic carbocycles. The number of halogens is 1. The van der Waals surface area contributed by atoms with Gasteiger partial charge in [-0.1, -0.05) is 29.8 Å².